The van der Waals surface area contributed by atoms with Gasteiger partial charge in [-0.25, -0.2) is 9.78 Å². The first kappa shape index (κ1) is 15.0. The van der Waals surface area contributed by atoms with E-state index in [4.69, 9.17) is 10.5 Å². The number of aryl methyl sites for hydroxylation is 2. The second kappa shape index (κ2) is 5.20. The highest BCUT2D eigenvalue weighted by Crippen LogP contribution is 2.15. The van der Waals surface area contributed by atoms with Gasteiger partial charge in [-0.1, -0.05) is 11.8 Å². The summed E-state index contributed by atoms with van der Waals surface area (Å²) in [5, 5.41) is 16.4. The Kier molecular flexibility index (Phi) is 3.73. The Morgan fingerprint density at radius 1 is 1.24 bits per heavy atom. The molecule has 0 spiro atoms. The first-order valence-electron chi connectivity index (χ1n) is 5.81. The summed E-state index contributed by atoms with van der Waals surface area (Å²) in [5.74, 6) is -1.18. The highest BCUT2D eigenvalue weighted by molar-refractivity contribution is 8.14. The van der Waals surface area contributed by atoms with E-state index in [1.807, 2.05) is 0 Å². The summed E-state index contributed by atoms with van der Waals surface area (Å²) in [6.45, 7) is 0. The highest BCUT2D eigenvalue weighted by Gasteiger charge is 2.19. The van der Waals surface area contributed by atoms with E-state index in [1.54, 1.807) is 7.05 Å². The van der Waals surface area contributed by atoms with Crippen molar-refractivity contribution in [3.05, 3.63) is 26.7 Å². The maximum Gasteiger partial charge on any atom is 0.332 e. The summed E-state index contributed by atoms with van der Waals surface area (Å²) in [7, 11) is 4.39. The fourth-order valence-electron chi connectivity index (χ4n) is 1.92. The molecule has 0 aliphatic carbocycles. The van der Waals surface area contributed by atoms with Gasteiger partial charge in [0, 0.05) is 21.1 Å². The van der Waals surface area contributed by atoms with E-state index in [0.29, 0.717) is 0 Å². The average molecular weight is 311 g/mol. The molecule has 2 heterocycles. The van der Waals surface area contributed by atoms with Crippen molar-refractivity contribution in [2.45, 2.75) is 0 Å². The van der Waals surface area contributed by atoms with E-state index in [9.17, 15) is 14.4 Å². The zero-order valence-corrected chi connectivity index (χ0v) is 12.4. The van der Waals surface area contributed by atoms with Gasteiger partial charge in [-0.15, -0.1) is 0 Å². The zero-order valence-electron chi connectivity index (χ0n) is 11.6. The molecule has 9 nitrogen and oxygen atoms in total. The van der Waals surface area contributed by atoms with E-state index in [2.05, 4.69) is 4.98 Å². The number of hydrogen-bond donors (Lipinski definition) is 2. The van der Waals surface area contributed by atoms with E-state index in [-0.39, 0.29) is 27.8 Å². The lowest BCUT2D eigenvalue weighted by Gasteiger charge is -2.03. The average Bonchev–Trinajstić information content (AvgIpc) is 2.78. The van der Waals surface area contributed by atoms with Crippen LogP contribution in [0.3, 0.4) is 0 Å². The number of hydrogen-bond acceptors (Lipinski definition) is 6. The first-order valence-corrected chi connectivity index (χ1v) is 6.80. The molecule has 0 atom stereocenters. The Balaban J connectivity index is 2.67. The van der Waals surface area contributed by atoms with Crippen LogP contribution in [-0.2, 0) is 25.9 Å². The van der Waals surface area contributed by atoms with Crippen molar-refractivity contribution >= 4 is 33.9 Å². The smallest absolute Gasteiger partial charge is 0.332 e. The third-order valence-corrected chi connectivity index (χ3v) is 3.88. The third kappa shape index (κ3) is 2.37. The number of nitrogens with one attached hydrogen (secondary N) is 1. The molecule has 2 aromatic heterocycles. The van der Waals surface area contributed by atoms with Gasteiger partial charge in [0.1, 0.15) is 5.04 Å². The van der Waals surface area contributed by atoms with Crippen molar-refractivity contribution in [3.63, 3.8) is 0 Å². The molecule has 0 aliphatic heterocycles. The predicted molar refractivity (Wildman–Crippen MR) is 78.1 cm³/mol. The molecule has 0 fully saturated rings. The topological polar surface area (TPSA) is 123 Å². The fourth-order valence-corrected chi connectivity index (χ4v) is 2.50. The number of carbonyl (C=O) groups is 1. The minimum atomic E-state index is -1.05. The molecule has 2 aromatic rings. The molecule has 0 unspecified atom stereocenters. The second-order valence-corrected chi connectivity index (χ2v) is 5.37. The molecule has 0 bridgehead atoms. The van der Waals surface area contributed by atoms with E-state index in [1.165, 1.54) is 23.2 Å². The van der Waals surface area contributed by atoms with E-state index < -0.39 is 17.2 Å². The number of carboxylic acids is 1. The summed E-state index contributed by atoms with van der Waals surface area (Å²) < 4.78 is 3.57. The molecule has 0 radical (unpaired) electrons. The lowest BCUT2D eigenvalue weighted by atomic mass is 10.5. The Bertz CT molecular complexity index is 875. The van der Waals surface area contributed by atoms with Gasteiger partial charge in [0.05, 0.1) is 5.75 Å². The second-order valence-electron chi connectivity index (χ2n) is 4.38. The van der Waals surface area contributed by atoms with Crippen LogP contribution in [0.15, 0.2) is 9.59 Å². The molecular weight excluding hydrogens is 298 g/mol. The fraction of sp³-hybridized carbons (Fsp3) is 0.364. The number of aliphatic carboxylic acids is 1. The molecule has 0 saturated heterocycles. The van der Waals surface area contributed by atoms with E-state index >= 15 is 0 Å². The summed E-state index contributed by atoms with van der Waals surface area (Å²) in [6.07, 6.45) is 0. The summed E-state index contributed by atoms with van der Waals surface area (Å²) in [6, 6.07) is 0. The van der Waals surface area contributed by atoms with Gasteiger partial charge in [-0.2, -0.15) is 0 Å². The third-order valence-electron chi connectivity index (χ3n) is 3.02. The van der Waals surface area contributed by atoms with Crippen LogP contribution in [0, 0.1) is 5.41 Å². The van der Waals surface area contributed by atoms with Crippen molar-refractivity contribution in [1.29, 1.82) is 5.41 Å². The van der Waals surface area contributed by atoms with Crippen LogP contribution in [0.25, 0.3) is 11.2 Å². The number of aromatic nitrogens is 4. The van der Waals surface area contributed by atoms with Gasteiger partial charge in [-0.05, 0) is 0 Å². The maximum absolute atomic E-state index is 12.1. The monoisotopic (exact) mass is 311 g/mol. The number of rotatable bonds is 3. The molecular formula is C11H13N5O4S. The van der Waals surface area contributed by atoms with Crippen LogP contribution in [0.1, 0.15) is 5.82 Å². The Hall–Kier alpha value is -2.36. The van der Waals surface area contributed by atoms with Crippen LogP contribution in [0.5, 0.6) is 0 Å². The normalized spacial score (nSPS) is 11.0. The minimum Gasteiger partial charge on any atom is -0.481 e. The van der Waals surface area contributed by atoms with Crippen LogP contribution in [0.4, 0.5) is 0 Å². The maximum atomic E-state index is 12.1. The Morgan fingerprint density at radius 3 is 2.43 bits per heavy atom. The standard InChI is InChI=1S/C11H13N5O4S/c1-14-6-8(15(2)11(20)16(3)10(6)19)13-9(14)7(12)21-4-5(17)18/h12H,4H2,1-3H3,(H,17,18). The van der Waals surface area contributed by atoms with Crippen molar-refractivity contribution in [2.24, 2.45) is 21.1 Å². The number of thioether (sulfide) groups is 1. The van der Waals surface area contributed by atoms with Crippen molar-refractivity contribution in [3.8, 4) is 0 Å². The molecule has 0 aliphatic rings. The van der Waals surface area contributed by atoms with Gasteiger partial charge in [0.25, 0.3) is 5.56 Å². The summed E-state index contributed by atoms with van der Waals surface area (Å²) in [4.78, 5) is 38.7. The molecule has 2 N–H and O–H groups in total. The first-order chi connectivity index (χ1) is 9.75. The number of imidazole rings is 1. The van der Waals surface area contributed by atoms with Gasteiger partial charge in [-0.3, -0.25) is 24.1 Å². The van der Waals surface area contributed by atoms with Gasteiger partial charge < -0.3 is 9.67 Å². The largest absolute Gasteiger partial charge is 0.481 e. The molecule has 2 rings (SSSR count). The quantitative estimate of drug-likeness (QED) is 0.560. The Morgan fingerprint density at radius 2 is 1.86 bits per heavy atom. The van der Waals surface area contributed by atoms with Crippen molar-refractivity contribution in [1.82, 2.24) is 18.7 Å². The van der Waals surface area contributed by atoms with Crippen LogP contribution >= 0.6 is 11.8 Å². The van der Waals surface area contributed by atoms with Crippen LogP contribution in [-0.4, -0.2) is 40.6 Å². The molecule has 112 valence electrons. The lowest BCUT2D eigenvalue weighted by molar-refractivity contribution is -0.133. The van der Waals surface area contributed by atoms with Crippen molar-refractivity contribution < 1.29 is 9.90 Å². The van der Waals surface area contributed by atoms with Crippen molar-refractivity contribution in [2.75, 3.05) is 5.75 Å². The number of carboxylic acid groups (broad SMARTS) is 1. The van der Waals surface area contributed by atoms with Crippen LogP contribution in [0.2, 0.25) is 0 Å². The number of fused-ring (bicyclic) bond motifs is 1. The molecule has 0 saturated carbocycles. The van der Waals surface area contributed by atoms with E-state index in [0.717, 1.165) is 16.3 Å². The molecule has 0 amide bonds. The van der Waals surface area contributed by atoms with Crippen LogP contribution < -0.4 is 11.2 Å². The highest BCUT2D eigenvalue weighted by atomic mass is 32.2. The zero-order chi connectivity index (χ0) is 15.9. The van der Waals surface area contributed by atoms with Gasteiger partial charge >= 0.3 is 11.7 Å². The molecule has 10 heteroatoms. The SMILES string of the molecule is Cn1c(=O)c2c(nc(C(=N)SCC(=O)O)n2C)n(C)c1=O. The van der Waals surface area contributed by atoms with Gasteiger partial charge in [0.15, 0.2) is 17.0 Å². The minimum absolute atomic E-state index is 0.0781. The lowest BCUT2D eigenvalue weighted by Crippen LogP contribution is -2.37. The van der Waals surface area contributed by atoms with Gasteiger partial charge in [0.2, 0.25) is 0 Å². The predicted octanol–water partition coefficient (Wildman–Crippen LogP) is -0.886. The summed E-state index contributed by atoms with van der Waals surface area (Å²) >= 11 is 0.791. The Labute approximate surface area is 122 Å². The number of nitrogens with zero attached hydrogens (tertiary/aromatic N) is 4. The summed E-state index contributed by atoms with van der Waals surface area (Å²) in [5.41, 5.74) is -0.663. The molecule has 0 aromatic carbocycles. The molecule has 21 heavy (non-hydrogen) atoms.